The van der Waals surface area contributed by atoms with E-state index in [1.807, 2.05) is 0 Å². The van der Waals surface area contributed by atoms with Gasteiger partial charge in [-0.3, -0.25) is 10.1 Å². The van der Waals surface area contributed by atoms with Gasteiger partial charge in [-0.15, -0.1) is 13.2 Å². The first kappa shape index (κ1) is 21.1. The average Bonchev–Trinajstić information content (AvgIpc) is 2.68. The van der Waals surface area contributed by atoms with E-state index in [0.717, 1.165) is 24.0 Å². The average molecular weight is 440 g/mol. The zero-order valence-electron chi connectivity index (χ0n) is 15.0. The highest BCUT2D eigenvalue weighted by Gasteiger charge is 2.31. The van der Waals surface area contributed by atoms with Crippen molar-refractivity contribution in [2.75, 3.05) is 10.6 Å². The fraction of sp³-hybridized carbons (Fsp3) is 0.111. The largest absolute Gasteiger partial charge is 0.573 e. The highest BCUT2D eigenvalue weighted by atomic mass is 35.5. The number of hydrogen-bond donors (Lipinski definition) is 2. The number of aromatic nitrogens is 2. The molecule has 0 spiro atoms. The number of nitro groups is 1. The molecule has 0 bridgehead atoms. The molecule has 3 rings (SSSR count). The third-order valence-corrected chi connectivity index (χ3v) is 3.98. The first-order valence-corrected chi connectivity index (χ1v) is 8.69. The van der Waals surface area contributed by atoms with Crippen molar-refractivity contribution in [3.05, 3.63) is 75.6 Å². The fourth-order valence-corrected chi connectivity index (χ4v) is 2.56. The maximum absolute atomic E-state index is 12.2. The number of nitrogens with zero attached hydrogens (tertiary/aromatic N) is 3. The maximum Gasteiger partial charge on any atom is 0.573 e. The van der Waals surface area contributed by atoms with E-state index < -0.39 is 22.7 Å². The van der Waals surface area contributed by atoms with Crippen molar-refractivity contribution in [3.63, 3.8) is 0 Å². The fourth-order valence-electron chi connectivity index (χ4n) is 2.44. The summed E-state index contributed by atoms with van der Waals surface area (Å²) in [5, 5.41) is 17.7. The van der Waals surface area contributed by atoms with E-state index in [1.165, 1.54) is 12.1 Å². The number of nitrogens with one attached hydrogen (secondary N) is 2. The molecule has 2 aromatic carbocycles. The minimum Gasteiger partial charge on any atom is -0.406 e. The molecule has 0 unspecified atom stereocenters. The number of anilines is 3. The molecule has 3 aromatic rings. The van der Waals surface area contributed by atoms with Crippen LogP contribution in [0, 0.1) is 10.1 Å². The van der Waals surface area contributed by atoms with Gasteiger partial charge in [0.1, 0.15) is 12.1 Å². The quantitative estimate of drug-likeness (QED) is 0.380. The van der Waals surface area contributed by atoms with Crippen LogP contribution in [-0.4, -0.2) is 21.3 Å². The van der Waals surface area contributed by atoms with Gasteiger partial charge in [0.15, 0.2) is 0 Å². The molecule has 0 amide bonds. The Bertz CT molecular complexity index is 1030. The lowest BCUT2D eigenvalue weighted by Gasteiger charge is -2.11. The van der Waals surface area contributed by atoms with Crippen LogP contribution in [0.3, 0.4) is 0 Å². The Balaban J connectivity index is 1.78. The lowest BCUT2D eigenvalue weighted by molar-refractivity contribution is -0.383. The Morgan fingerprint density at radius 3 is 2.27 bits per heavy atom. The molecule has 2 N–H and O–H groups in total. The zero-order valence-corrected chi connectivity index (χ0v) is 15.7. The maximum atomic E-state index is 12.2. The highest BCUT2D eigenvalue weighted by molar-refractivity contribution is 6.30. The molecule has 8 nitrogen and oxygen atoms in total. The van der Waals surface area contributed by atoms with E-state index in [0.29, 0.717) is 5.02 Å². The number of benzene rings is 2. The van der Waals surface area contributed by atoms with Gasteiger partial charge in [0.2, 0.25) is 11.6 Å². The van der Waals surface area contributed by atoms with Crippen LogP contribution in [-0.2, 0) is 6.54 Å². The van der Waals surface area contributed by atoms with E-state index in [9.17, 15) is 23.3 Å². The van der Waals surface area contributed by atoms with E-state index in [4.69, 9.17) is 11.6 Å². The molecule has 0 radical (unpaired) electrons. The Morgan fingerprint density at radius 2 is 1.67 bits per heavy atom. The molecule has 1 heterocycles. The monoisotopic (exact) mass is 439 g/mol. The molecule has 0 atom stereocenters. The molecule has 0 fully saturated rings. The van der Waals surface area contributed by atoms with Crippen LogP contribution in [0.1, 0.15) is 5.56 Å². The van der Waals surface area contributed by atoms with Crippen LogP contribution < -0.4 is 15.4 Å². The molecule has 0 aliphatic rings. The topological polar surface area (TPSA) is 102 Å². The standard InChI is InChI=1S/C18H13ClF3N5O3/c19-12-3-1-11(2-4-12)9-23-16-15(27(28)29)17(25-10-24-16)26-13-5-7-14(8-6-13)30-18(20,21)22/h1-8,10H,9H2,(H2,23,24,25,26). The summed E-state index contributed by atoms with van der Waals surface area (Å²) in [6, 6.07) is 11.6. The summed E-state index contributed by atoms with van der Waals surface area (Å²) >= 11 is 5.83. The van der Waals surface area contributed by atoms with Crippen LogP contribution in [0.5, 0.6) is 5.75 Å². The second kappa shape index (κ2) is 8.82. The van der Waals surface area contributed by atoms with Gasteiger partial charge < -0.3 is 15.4 Å². The second-order valence-electron chi connectivity index (χ2n) is 5.85. The number of halogens is 4. The Kier molecular flexibility index (Phi) is 6.21. The number of rotatable bonds is 7. The van der Waals surface area contributed by atoms with Gasteiger partial charge in [0.25, 0.3) is 0 Å². The van der Waals surface area contributed by atoms with Crippen LogP contribution in [0.4, 0.5) is 36.2 Å². The third kappa shape index (κ3) is 5.70. The summed E-state index contributed by atoms with van der Waals surface area (Å²) in [6.45, 7) is 0.248. The lowest BCUT2D eigenvalue weighted by Crippen LogP contribution is -2.17. The summed E-state index contributed by atoms with van der Waals surface area (Å²) in [4.78, 5) is 18.7. The van der Waals surface area contributed by atoms with Gasteiger partial charge in [0.05, 0.1) is 4.92 Å². The van der Waals surface area contributed by atoms with Crippen molar-refractivity contribution in [2.24, 2.45) is 0 Å². The van der Waals surface area contributed by atoms with Crippen molar-refractivity contribution in [2.45, 2.75) is 12.9 Å². The lowest BCUT2D eigenvalue weighted by atomic mass is 10.2. The molecule has 0 aliphatic carbocycles. The van der Waals surface area contributed by atoms with Gasteiger partial charge in [-0.1, -0.05) is 23.7 Å². The van der Waals surface area contributed by atoms with Gasteiger partial charge in [0, 0.05) is 17.3 Å². The van der Waals surface area contributed by atoms with Crippen LogP contribution >= 0.6 is 11.6 Å². The summed E-state index contributed by atoms with van der Waals surface area (Å²) in [5.74, 6) is -0.571. The minimum atomic E-state index is -4.81. The summed E-state index contributed by atoms with van der Waals surface area (Å²) < 4.78 is 40.5. The minimum absolute atomic E-state index is 0.0236. The molecule has 156 valence electrons. The zero-order chi connectivity index (χ0) is 21.7. The first-order chi connectivity index (χ1) is 14.2. The smallest absolute Gasteiger partial charge is 0.406 e. The number of alkyl halides is 3. The van der Waals surface area contributed by atoms with Gasteiger partial charge >= 0.3 is 12.0 Å². The molecule has 0 saturated heterocycles. The Hall–Kier alpha value is -3.60. The molecule has 12 heteroatoms. The Morgan fingerprint density at radius 1 is 1.03 bits per heavy atom. The summed E-state index contributed by atoms with van der Waals surface area (Å²) in [5.41, 5.74) is 0.680. The van der Waals surface area contributed by atoms with Crippen molar-refractivity contribution in [1.82, 2.24) is 9.97 Å². The predicted octanol–water partition coefficient (Wildman–Crippen LogP) is 5.29. The molecular weight excluding hydrogens is 427 g/mol. The first-order valence-electron chi connectivity index (χ1n) is 8.32. The van der Waals surface area contributed by atoms with Crippen LogP contribution in [0.15, 0.2) is 54.9 Å². The third-order valence-electron chi connectivity index (χ3n) is 3.73. The molecule has 30 heavy (non-hydrogen) atoms. The summed E-state index contributed by atoms with van der Waals surface area (Å²) in [6.07, 6.45) is -3.69. The number of ether oxygens (including phenoxy) is 1. The van der Waals surface area contributed by atoms with Gasteiger partial charge in [-0.2, -0.15) is 0 Å². The van der Waals surface area contributed by atoms with Gasteiger partial charge in [-0.05, 0) is 42.0 Å². The number of hydrogen-bond acceptors (Lipinski definition) is 7. The van der Waals surface area contributed by atoms with Crippen LogP contribution in [0.2, 0.25) is 5.02 Å². The van der Waals surface area contributed by atoms with Crippen LogP contribution in [0.25, 0.3) is 0 Å². The van der Waals surface area contributed by atoms with Gasteiger partial charge in [-0.25, -0.2) is 9.97 Å². The SMILES string of the molecule is O=[N+]([O-])c1c(NCc2ccc(Cl)cc2)ncnc1Nc1ccc(OC(F)(F)F)cc1. The van der Waals surface area contributed by atoms with Crippen molar-refractivity contribution in [1.29, 1.82) is 0 Å². The molecule has 0 aliphatic heterocycles. The van der Waals surface area contributed by atoms with Crippen molar-refractivity contribution in [3.8, 4) is 5.75 Å². The van der Waals surface area contributed by atoms with E-state index >= 15 is 0 Å². The van der Waals surface area contributed by atoms with Crippen molar-refractivity contribution >= 4 is 34.6 Å². The van der Waals surface area contributed by atoms with E-state index in [2.05, 4.69) is 25.3 Å². The molecular formula is C18H13ClF3N5O3. The molecule has 1 aromatic heterocycles. The van der Waals surface area contributed by atoms with E-state index in [1.54, 1.807) is 24.3 Å². The summed E-state index contributed by atoms with van der Waals surface area (Å²) in [7, 11) is 0. The van der Waals surface area contributed by atoms with E-state index in [-0.39, 0.29) is 23.9 Å². The normalized spacial score (nSPS) is 11.1. The predicted molar refractivity (Wildman–Crippen MR) is 104 cm³/mol. The highest BCUT2D eigenvalue weighted by Crippen LogP contribution is 2.32. The van der Waals surface area contributed by atoms with Crippen molar-refractivity contribution < 1.29 is 22.8 Å². The Labute approximate surface area is 172 Å². The molecule has 0 saturated carbocycles. The second-order valence-corrected chi connectivity index (χ2v) is 6.29.